The average Bonchev–Trinajstić information content (AvgIpc) is 2.30. The van der Waals surface area contributed by atoms with Crippen LogP contribution >= 0.6 is 15.9 Å². The summed E-state index contributed by atoms with van der Waals surface area (Å²) in [5, 5.41) is 0. The highest BCUT2D eigenvalue weighted by molar-refractivity contribution is 9.10. The largest absolute Gasteiger partial charge is 0.342 e. The van der Waals surface area contributed by atoms with Crippen LogP contribution in [-0.2, 0) is 0 Å². The maximum atomic E-state index is 4.05. The lowest BCUT2D eigenvalue weighted by molar-refractivity contribution is 0.530. The fourth-order valence-electron chi connectivity index (χ4n) is 1.83. The molecular formula is C14H14BrN. The number of benzene rings is 1. The molecule has 1 aromatic carbocycles. The van der Waals surface area contributed by atoms with Crippen LogP contribution in [0.5, 0.6) is 0 Å². The molecule has 0 spiro atoms. The van der Waals surface area contributed by atoms with Gasteiger partial charge in [0.1, 0.15) is 0 Å². The molecule has 82 valence electrons. The SMILES string of the molecule is C=C1C=CC=C(c2ccc(Br)cc2)N1CC. The molecule has 2 rings (SSSR count). The monoisotopic (exact) mass is 275 g/mol. The summed E-state index contributed by atoms with van der Waals surface area (Å²) in [6.07, 6.45) is 6.21. The molecule has 0 N–H and O–H groups in total. The number of hydrogen-bond acceptors (Lipinski definition) is 1. The predicted molar refractivity (Wildman–Crippen MR) is 72.8 cm³/mol. The van der Waals surface area contributed by atoms with E-state index in [4.69, 9.17) is 0 Å². The maximum Gasteiger partial charge on any atom is 0.0484 e. The first kappa shape index (κ1) is 11.2. The van der Waals surface area contributed by atoms with Crippen molar-refractivity contribution in [2.75, 3.05) is 6.54 Å². The van der Waals surface area contributed by atoms with Crippen molar-refractivity contribution < 1.29 is 0 Å². The van der Waals surface area contributed by atoms with Crippen LogP contribution in [0.15, 0.2) is 59.2 Å². The number of nitrogens with zero attached hydrogens (tertiary/aromatic N) is 1. The topological polar surface area (TPSA) is 3.24 Å². The normalized spacial score (nSPS) is 15.2. The molecule has 0 saturated heterocycles. The van der Waals surface area contributed by atoms with Crippen LogP contribution in [0.1, 0.15) is 12.5 Å². The molecule has 0 unspecified atom stereocenters. The molecule has 0 amide bonds. The van der Waals surface area contributed by atoms with Gasteiger partial charge in [-0.1, -0.05) is 40.7 Å². The van der Waals surface area contributed by atoms with Gasteiger partial charge in [0.05, 0.1) is 0 Å². The molecule has 2 heteroatoms. The van der Waals surface area contributed by atoms with Gasteiger partial charge in [0.15, 0.2) is 0 Å². The standard InChI is InChI=1S/C14H14BrN/c1-3-16-11(2)5-4-6-14(16)12-7-9-13(15)10-8-12/h4-10H,2-3H2,1H3. The van der Waals surface area contributed by atoms with Gasteiger partial charge in [-0.15, -0.1) is 0 Å². The molecule has 16 heavy (non-hydrogen) atoms. The molecule has 1 heterocycles. The summed E-state index contributed by atoms with van der Waals surface area (Å²) in [7, 11) is 0. The lowest BCUT2D eigenvalue weighted by Gasteiger charge is -2.28. The Morgan fingerprint density at radius 2 is 1.94 bits per heavy atom. The summed E-state index contributed by atoms with van der Waals surface area (Å²) in [6, 6.07) is 8.35. The Kier molecular flexibility index (Phi) is 3.30. The first-order valence-corrected chi connectivity index (χ1v) is 6.12. The molecule has 0 radical (unpaired) electrons. The van der Waals surface area contributed by atoms with E-state index in [1.807, 2.05) is 12.2 Å². The predicted octanol–water partition coefficient (Wildman–Crippen LogP) is 4.20. The van der Waals surface area contributed by atoms with Gasteiger partial charge >= 0.3 is 0 Å². The third-order valence-electron chi connectivity index (χ3n) is 2.64. The van der Waals surface area contributed by atoms with Gasteiger partial charge in [-0.05, 0) is 36.8 Å². The fourth-order valence-corrected chi connectivity index (χ4v) is 2.10. The Labute approximate surface area is 105 Å². The molecule has 1 aliphatic heterocycles. The smallest absolute Gasteiger partial charge is 0.0484 e. The third-order valence-corrected chi connectivity index (χ3v) is 3.17. The highest BCUT2D eigenvalue weighted by atomic mass is 79.9. The highest BCUT2D eigenvalue weighted by Crippen LogP contribution is 2.27. The molecule has 1 aliphatic rings. The van der Waals surface area contributed by atoms with Crippen molar-refractivity contribution in [1.82, 2.24) is 4.90 Å². The van der Waals surface area contributed by atoms with E-state index in [0.717, 1.165) is 16.7 Å². The van der Waals surface area contributed by atoms with E-state index in [9.17, 15) is 0 Å². The van der Waals surface area contributed by atoms with Gasteiger partial charge in [0, 0.05) is 22.4 Å². The first-order chi connectivity index (χ1) is 7.72. The molecular weight excluding hydrogens is 262 g/mol. The second-order valence-electron chi connectivity index (χ2n) is 3.65. The summed E-state index contributed by atoms with van der Waals surface area (Å²) in [5.41, 5.74) is 3.47. The Bertz CT molecular complexity index is 454. The van der Waals surface area contributed by atoms with Crippen molar-refractivity contribution in [3.63, 3.8) is 0 Å². The van der Waals surface area contributed by atoms with Crippen molar-refractivity contribution in [3.05, 3.63) is 64.8 Å². The van der Waals surface area contributed by atoms with E-state index in [1.54, 1.807) is 0 Å². The van der Waals surface area contributed by atoms with Gasteiger partial charge in [-0.3, -0.25) is 0 Å². The Balaban J connectivity index is 2.39. The summed E-state index contributed by atoms with van der Waals surface area (Å²) in [5.74, 6) is 0. The molecule has 0 aliphatic carbocycles. The number of hydrogen-bond donors (Lipinski definition) is 0. The lowest BCUT2D eigenvalue weighted by Crippen LogP contribution is -2.21. The van der Waals surface area contributed by atoms with E-state index in [0.29, 0.717) is 0 Å². The summed E-state index contributed by atoms with van der Waals surface area (Å²) in [6.45, 7) is 7.12. The van der Waals surface area contributed by atoms with Gasteiger partial charge in [-0.25, -0.2) is 0 Å². The van der Waals surface area contributed by atoms with E-state index >= 15 is 0 Å². The van der Waals surface area contributed by atoms with Crippen LogP contribution in [0.25, 0.3) is 5.70 Å². The number of rotatable bonds is 2. The van der Waals surface area contributed by atoms with Crippen LogP contribution in [0.2, 0.25) is 0 Å². The number of likely N-dealkylation sites (N-methyl/N-ethyl adjacent to an activating group) is 1. The quantitative estimate of drug-likeness (QED) is 0.782. The molecule has 1 aromatic rings. The van der Waals surface area contributed by atoms with Crippen LogP contribution in [0.4, 0.5) is 0 Å². The Morgan fingerprint density at radius 1 is 1.25 bits per heavy atom. The van der Waals surface area contributed by atoms with E-state index < -0.39 is 0 Å². The average molecular weight is 276 g/mol. The minimum atomic E-state index is 0.936. The zero-order valence-corrected chi connectivity index (χ0v) is 10.9. The molecule has 0 atom stereocenters. The van der Waals surface area contributed by atoms with Crippen molar-refractivity contribution in [1.29, 1.82) is 0 Å². The Morgan fingerprint density at radius 3 is 2.56 bits per heavy atom. The third kappa shape index (κ3) is 2.12. The summed E-state index contributed by atoms with van der Waals surface area (Å²) in [4.78, 5) is 2.21. The summed E-state index contributed by atoms with van der Waals surface area (Å²) >= 11 is 3.45. The molecule has 0 fully saturated rings. The zero-order chi connectivity index (χ0) is 11.5. The van der Waals surface area contributed by atoms with Crippen molar-refractivity contribution >= 4 is 21.6 Å². The van der Waals surface area contributed by atoms with Crippen molar-refractivity contribution in [2.24, 2.45) is 0 Å². The minimum Gasteiger partial charge on any atom is -0.342 e. The maximum absolute atomic E-state index is 4.05. The van der Waals surface area contributed by atoms with E-state index in [-0.39, 0.29) is 0 Å². The molecule has 0 bridgehead atoms. The molecule has 0 saturated carbocycles. The van der Waals surface area contributed by atoms with Gasteiger partial charge in [0.2, 0.25) is 0 Å². The molecule has 1 nitrogen and oxygen atoms in total. The van der Waals surface area contributed by atoms with Gasteiger partial charge in [-0.2, -0.15) is 0 Å². The van der Waals surface area contributed by atoms with Crippen LogP contribution < -0.4 is 0 Å². The molecule has 0 aromatic heterocycles. The van der Waals surface area contributed by atoms with Crippen LogP contribution in [0, 0.1) is 0 Å². The first-order valence-electron chi connectivity index (χ1n) is 5.33. The number of halogens is 1. The highest BCUT2D eigenvalue weighted by Gasteiger charge is 2.13. The zero-order valence-electron chi connectivity index (χ0n) is 9.28. The fraction of sp³-hybridized carbons (Fsp3) is 0.143. The summed E-state index contributed by atoms with van der Waals surface area (Å²) < 4.78 is 1.10. The van der Waals surface area contributed by atoms with Crippen molar-refractivity contribution in [3.8, 4) is 0 Å². The Hall–Kier alpha value is -1.28. The van der Waals surface area contributed by atoms with Crippen molar-refractivity contribution in [2.45, 2.75) is 6.92 Å². The lowest BCUT2D eigenvalue weighted by atomic mass is 10.1. The van der Waals surface area contributed by atoms with Gasteiger partial charge < -0.3 is 4.90 Å². The second kappa shape index (κ2) is 4.71. The van der Waals surface area contributed by atoms with Crippen LogP contribution in [0.3, 0.4) is 0 Å². The minimum absolute atomic E-state index is 0.936. The van der Waals surface area contributed by atoms with E-state index in [1.165, 1.54) is 11.3 Å². The van der Waals surface area contributed by atoms with Gasteiger partial charge in [0.25, 0.3) is 0 Å². The van der Waals surface area contributed by atoms with Crippen LogP contribution in [-0.4, -0.2) is 11.4 Å². The second-order valence-corrected chi connectivity index (χ2v) is 4.57. The number of allylic oxidation sites excluding steroid dienone is 3. The van der Waals surface area contributed by atoms with E-state index in [2.05, 4.69) is 64.7 Å².